The summed E-state index contributed by atoms with van der Waals surface area (Å²) in [7, 11) is 0. The van der Waals surface area contributed by atoms with E-state index in [1.54, 1.807) is 17.4 Å². The summed E-state index contributed by atoms with van der Waals surface area (Å²) in [6.07, 6.45) is 2.49. The van der Waals surface area contributed by atoms with E-state index in [0.717, 1.165) is 52.0 Å². The largest absolute Gasteiger partial charge is 0.383 e. The number of thiophene rings is 1. The van der Waals surface area contributed by atoms with Crippen LogP contribution >= 0.6 is 11.3 Å². The summed E-state index contributed by atoms with van der Waals surface area (Å²) in [5.74, 6) is 0.287. The number of carbonyl (C=O) groups is 1. The second-order valence-electron chi connectivity index (χ2n) is 7.88. The Bertz CT molecular complexity index is 1260. The van der Waals surface area contributed by atoms with Crippen LogP contribution in [0.5, 0.6) is 0 Å². The van der Waals surface area contributed by atoms with Crippen LogP contribution in [0.3, 0.4) is 0 Å². The van der Waals surface area contributed by atoms with Crippen molar-refractivity contribution in [2.24, 2.45) is 0 Å². The summed E-state index contributed by atoms with van der Waals surface area (Å²) < 4.78 is 15.0. The Morgan fingerprint density at radius 3 is 2.87 bits per heavy atom. The molecule has 4 aromatic rings. The highest BCUT2D eigenvalue weighted by molar-refractivity contribution is 7.19. The molecular formula is C23H22FN5OS. The smallest absolute Gasteiger partial charge is 0.138 e. The van der Waals surface area contributed by atoms with Crippen molar-refractivity contribution in [3.05, 3.63) is 65.0 Å². The Morgan fingerprint density at radius 2 is 2.03 bits per heavy atom. The van der Waals surface area contributed by atoms with E-state index in [1.165, 1.54) is 12.4 Å². The first-order valence-corrected chi connectivity index (χ1v) is 11.0. The third kappa shape index (κ3) is 4.01. The summed E-state index contributed by atoms with van der Waals surface area (Å²) in [6.45, 7) is 3.69. The minimum Gasteiger partial charge on any atom is -0.383 e. The number of fused-ring (bicyclic) bond motifs is 2. The SMILES string of the molecule is Nc1ncnc2cc(CN3CCN(Cc4cc5c(F)cccc5s4)CC3C=O)ccc12. The highest BCUT2D eigenvalue weighted by Crippen LogP contribution is 2.29. The molecule has 0 amide bonds. The molecule has 0 radical (unpaired) electrons. The molecule has 1 aliphatic rings. The van der Waals surface area contributed by atoms with Crippen molar-refractivity contribution < 1.29 is 9.18 Å². The maximum Gasteiger partial charge on any atom is 0.138 e. The van der Waals surface area contributed by atoms with Gasteiger partial charge < -0.3 is 10.5 Å². The van der Waals surface area contributed by atoms with Crippen LogP contribution in [0.15, 0.2) is 48.8 Å². The van der Waals surface area contributed by atoms with Crippen LogP contribution in [-0.2, 0) is 17.9 Å². The van der Waals surface area contributed by atoms with Crippen LogP contribution in [0.25, 0.3) is 21.0 Å². The zero-order valence-corrected chi connectivity index (χ0v) is 17.7. The molecule has 2 aromatic carbocycles. The van der Waals surface area contributed by atoms with Gasteiger partial charge in [0.05, 0.1) is 11.6 Å². The second kappa shape index (κ2) is 8.30. The fourth-order valence-electron chi connectivity index (χ4n) is 4.21. The third-order valence-corrected chi connectivity index (χ3v) is 6.92. The van der Waals surface area contributed by atoms with Crippen molar-refractivity contribution in [2.45, 2.75) is 19.1 Å². The lowest BCUT2D eigenvalue weighted by Gasteiger charge is -2.38. The number of nitrogen functional groups attached to an aromatic ring is 1. The van der Waals surface area contributed by atoms with Gasteiger partial charge in [-0.2, -0.15) is 0 Å². The molecule has 5 rings (SSSR count). The van der Waals surface area contributed by atoms with E-state index >= 15 is 0 Å². The first kappa shape index (κ1) is 20.0. The van der Waals surface area contributed by atoms with E-state index in [-0.39, 0.29) is 11.9 Å². The van der Waals surface area contributed by atoms with Crippen LogP contribution in [-0.4, -0.2) is 51.7 Å². The van der Waals surface area contributed by atoms with Crippen molar-refractivity contribution in [3.8, 4) is 0 Å². The molecule has 31 heavy (non-hydrogen) atoms. The van der Waals surface area contributed by atoms with Gasteiger partial charge >= 0.3 is 0 Å². The number of hydrogen-bond acceptors (Lipinski definition) is 7. The molecule has 0 aliphatic carbocycles. The molecule has 6 nitrogen and oxygen atoms in total. The van der Waals surface area contributed by atoms with E-state index in [2.05, 4.69) is 19.8 Å². The molecule has 1 unspecified atom stereocenters. The third-order valence-electron chi connectivity index (χ3n) is 5.83. The zero-order valence-electron chi connectivity index (χ0n) is 16.9. The summed E-state index contributed by atoms with van der Waals surface area (Å²) in [5, 5.41) is 1.51. The molecule has 0 saturated carbocycles. The summed E-state index contributed by atoms with van der Waals surface area (Å²) in [6, 6.07) is 12.9. The minimum absolute atomic E-state index is 0.182. The van der Waals surface area contributed by atoms with Gasteiger partial charge in [0.1, 0.15) is 24.2 Å². The average Bonchev–Trinajstić information content (AvgIpc) is 3.19. The quantitative estimate of drug-likeness (QED) is 0.484. The van der Waals surface area contributed by atoms with Gasteiger partial charge in [-0.1, -0.05) is 12.1 Å². The predicted octanol–water partition coefficient (Wildman–Crippen LogP) is 3.45. The molecule has 1 atom stereocenters. The number of nitrogens with two attached hydrogens (primary N) is 1. The predicted molar refractivity (Wildman–Crippen MR) is 121 cm³/mol. The molecule has 2 aromatic heterocycles. The van der Waals surface area contributed by atoms with Crippen molar-refractivity contribution in [2.75, 3.05) is 25.4 Å². The molecule has 1 saturated heterocycles. The minimum atomic E-state index is -0.189. The van der Waals surface area contributed by atoms with Gasteiger partial charge in [0.15, 0.2) is 0 Å². The first-order valence-electron chi connectivity index (χ1n) is 10.2. The van der Waals surface area contributed by atoms with Crippen LogP contribution in [0.2, 0.25) is 0 Å². The number of carbonyl (C=O) groups excluding carboxylic acids is 1. The number of piperazine rings is 1. The standard InChI is InChI=1S/C23H22FN5OS/c24-20-2-1-3-22-19(20)9-17(31-22)12-28-6-7-29(16(11-28)13-30)10-15-4-5-18-21(8-15)26-14-27-23(18)25/h1-5,8-9,13-14,16H,6-7,10-12H2,(H2,25,26,27). The van der Waals surface area contributed by atoms with E-state index < -0.39 is 0 Å². The Morgan fingerprint density at radius 1 is 1.13 bits per heavy atom. The van der Waals surface area contributed by atoms with Crippen LogP contribution < -0.4 is 5.73 Å². The van der Waals surface area contributed by atoms with Crippen LogP contribution in [0.1, 0.15) is 10.4 Å². The van der Waals surface area contributed by atoms with Gasteiger partial charge in [-0.3, -0.25) is 9.80 Å². The van der Waals surface area contributed by atoms with Crippen LogP contribution in [0.4, 0.5) is 10.2 Å². The Kier molecular flexibility index (Phi) is 5.35. The normalized spacial score (nSPS) is 18.0. The van der Waals surface area contributed by atoms with Gasteiger partial charge in [-0.15, -0.1) is 11.3 Å². The van der Waals surface area contributed by atoms with E-state index in [1.807, 2.05) is 30.3 Å². The van der Waals surface area contributed by atoms with Crippen LogP contribution in [0, 0.1) is 5.82 Å². The van der Waals surface area contributed by atoms with Crippen molar-refractivity contribution in [1.82, 2.24) is 19.8 Å². The summed E-state index contributed by atoms with van der Waals surface area (Å²) in [5.41, 5.74) is 7.81. The molecule has 8 heteroatoms. The number of nitrogens with zero attached hydrogens (tertiary/aromatic N) is 4. The first-order chi connectivity index (χ1) is 15.1. The maximum atomic E-state index is 14.0. The number of anilines is 1. The van der Waals surface area contributed by atoms with Crippen molar-refractivity contribution in [1.29, 1.82) is 0 Å². The van der Waals surface area contributed by atoms with Gasteiger partial charge in [-0.05, 0) is 35.9 Å². The molecule has 158 valence electrons. The highest BCUT2D eigenvalue weighted by atomic mass is 32.1. The number of halogens is 1. The van der Waals surface area contributed by atoms with E-state index in [0.29, 0.717) is 24.3 Å². The topological polar surface area (TPSA) is 75.3 Å². The number of aromatic nitrogens is 2. The summed E-state index contributed by atoms with van der Waals surface area (Å²) in [4.78, 5) is 25.8. The molecule has 0 bridgehead atoms. The van der Waals surface area contributed by atoms with E-state index in [4.69, 9.17) is 5.73 Å². The molecule has 1 fully saturated rings. The molecular weight excluding hydrogens is 413 g/mol. The van der Waals surface area contributed by atoms with Gasteiger partial charge in [0, 0.05) is 53.1 Å². The monoisotopic (exact) mass is 435 g/mol. The molecule has 2 N–H and O–H groups in total. The zero-order chi connectivity index (χ0) is 21.4. The number of hydrogen-bond donors (Lipinski definition) is 1. The lowest BCUT2D eigenvalue weighted by molar-refractivity contribution is -0.115. The Labute approximate surface area is 183 Å². The van der Waals surface area contributed by atoms with E-state index in [9.17, 15) is 9.18 Å². The fourth-order valence-corrected chi connectivity index (χ4v) is 5.33. The van der Waals surface area contributed by atoms with Crippen molar-refractivity contribution in [3.63, 3.8) is 0 Å². The second-order valence-corrected chi connectivity index (χ2v) is 9.05. The number of benzene rings is 2. The number of rotatable bonds is 5. The summed E-state index contributed by atoms with van der Waals surface area (Å²) >= 11 is 1.61. The lowest BCUT2D eigenvalue weighted by atomic mass is 10.1. The Balaban J connectivity index is 1.28. The van der Waals surface area contributed by atoms with Gasteiger partial charge in [0.2, 0.25) is 0 Å². The fraction of sp³-hybridized carbons (Fsp3) is 0.261. The highest BCUT2D eigenvalue weighted by Gasteiger charge is 2.27. The maximum absolute atomic E-state index is 14.0. The average molecular weight is 436 g/mol. The number of aldehydes is 1. The Hall–Kier alpha value is -2.94. The van der Waals surface area contributed by atoms with Crippen molar-refractivity contribution >= 4 is 44.4 Å². The molecule has 3 heterocycles. The molecule has 0 spiro atoms. The lowest BCUT2D eigenvalue weighted by Crippen LogP contribution is -2.52. The van der Waals surface area contributed by atoms with Gasteiger partial charge in [-0.25, -0.2) is 14.4 Å². The molecule has 1 aliphatic heterocycles. The van der Waals surface area contributed by atoms with Gasteiger partial charge in [0.25, 0.3) is 0 Å².